The van der Waals surface area contributed by atoms with Crippen LogP contribution in [-0.4, -0.2) is 22.6 Å². The fourth-order valence-corrected chi connectivity index (χ4v) is 3.34. The molecule has 0 radical (unpaired) electrons. The fraction of sp³-hybridized carbons (Fsp3) is 0.533. The summed E-state index contributed by atoms with van der Waals surface area (Å²) >= 11 is 0. The maximum atomic E-state index is 12.2. The van der Waals surface area contributed by atoms with E-state index in [1.54, 1.807) is 0 Å². The third kappa shape index (κ3) is 1.50. The van der Waals surface area contributed by atoms with Gasteiger partial charge in [0, 0.05) is 12.8 Å². The quantitative estimate of drug-likeness (QED) is 0.761. The average Bonchev–Trinajstić information content (AvgIpc) is 2.78. The van der Waals surface area contributed by atoms with Gasteiger partial charge in [-0.05, 0) is 25.0 Å². The molecule has 1 amide bonds. The summed E-state index contributed by atoms with van der Waals surface area (Å²) in [7, 11) is 0. The highest BCUT2D eigenvalue weighted by atomic mass is 16.5. The van der Waals surface area contributed by atoms with Crippen LogP contribution in [0.15, 0.2) is 24.3 Å². The predicted molar refractivity (Wildman–Crippen MR) is 69.0 cm³/mol. The summed E-state index contributed by atoms with van der Waals surface area (Å²) in [5.74, 6) is 0.171. The van der Waals surface area contributed by atoms with Crippen molar-refractivity contribution in [1.29, 1.82) is 0 Å². The van der Waals surface area contributed by atoms with Gasteiger partial charge in [-0.15, -0.1) is 0 Å². The van der Waals surface area contributed by atoms with Crippen molar-refractivity contribution in [2.24, 2.45) is 0 Å². The lowest BCUT2D eigenvalue weighted by atomic mass is 10.0. The summed E-state index contributed by atoms with van der Waals surface area (Å²) in [5, 5.41) is 0. The Bertz CT molecular complexity index is 495. The molecule has 1 unspecified atom stereocenters. The van der Waals surface area contributed by atoms with Crippen molar-refractivity contribution < 1.29 is 9.53 Å². The number of benzene rings is 1. The molecule has 96 valence electrons. The second-order valence-electron chi connectivity index (χ2n) is 5.57. The number of carbonyl (C=O) groups is 1. The minimum absolute atomic E-state index is 0.101. The lowest BCUT2D eigenvalue weighted by Crippen LogP contribution is -2.44. The molecule has 0 bridgehead atoms. The molecule has 1 heterocycles. The van der Waals surface area contributed by atoms with Crippen molar-refractivity contribution in [2.45, 2.75) is 51.5 Å². The minimum atomic E-state index is -0.490. The van der Waals surface area contributed by atoms with E-state index in [0.717, 1.165) is 6.42 Å². The van der Waals surface area contributed by atoms with Crippen LogP contribution >= 0.6 is 0 Å². The molecule has 1 aliphatic heterocycles. The van der Waals surface area contributed by atoms with Gasteiger partial charge < -0.3 is 9.64 Å². The molecule has 0 N–H and O–H groups in total. The molecule has 3 rings (SSSR count). The van der Waals surface area contributed by atoms with E-state index in [0.29, 0.717) is 6.42 Å². The Balaban J connectivity index is 2.05. The first-order valence-electron chi connectivity index (χ1n) is 6.62. The number of hydrogen-bond acceptors (Lipinski definition) is 2. The molecule has 3 nitrogen and oxygen atoms in total. The molecule has 1 saturated heterocycles. The predicted octanol–water partition coefficient (Wildman–Crippen LogP) is 2.66. The van der Waals surface area contributed by atoms with Gasteiger partial charge in [0.2, 0.25) is 5.91 Å². The molecule has 1 aliphatic carbocycles. The van der Waals surface area contributed by atoms with Gasteiger partial charge in [0.25, 0.3) is 0 Å². The Kier molecular flexibility index (Phi) is 2.49. The maximum Gasteiger partial charge on any atom is 0.225 e. The molecular formula is C15H19NO2. The lowest BCUT2D eigenvalue weighted by molar-refractivity contribution is -0.147. The number of hydrogen-bond donors (Lipinski definition) is 0. The van der Waals surface area contributed by atoms with E-state index in [4.69, 9.17) is 4.74 Å². The van der Waals surface area contributed by atoms with Crippen molar-refractivity contribution in [3.63, 3.8) is 0 Å². The van der Waals surface area contributed by atoms with E-state index < -0.39 is 5.72 Å². The van der Waals surface area contributed by atoms with Crippen molar-refractivity contribution >= 4 is 5.91 Å². The van der Waals surface area contributed by atoms with Crippen LogP contribution in [0.25, 0.3) is 0 Å². The number of fused-ring (bicyclic) bond motifs is 3. The number of rotatable bonds is 1. The Hall–Kier alpha value is -1.35. The molecule has 1 aromatic carbocycles. The Morgan fingerprint density at radius 1 is 1.44 bits per heavy atom. The molecule has 0 spiro atoms. The van der Waals surface area contributed by atoms with Crippen LogP contribution in [0.4, 0.5) is 0 Å². The highest BCUT2D eigenvalue weighted by Gasteiger charge is 2.52. The van der Waals surface area contributed by atoms with Gasteiger partial charge in [0.1, 0.15) is 5.72 Å². The van der Waals surface area contributed by atoms with Crippen molar-refractivity contribution in [3.05, 3.63) is 35.4 Å². The van der Waals surface area contributed by atoms with E-state index in [2.05, 4.69) is 18.2 Å². The van der Waals surface area contributed by atoms with Crippen LogP contribution in [0.5, 0.6) is 0 Å². The summed E-state index contributed by atoms with van der Waals surface area (Å²) in [6, 6.07) is 8.46. The molecule has 0 aromatic heterocycles. The first-order chi connectivity index (χ1) is 8.54. The molecular weight excluding hydrogens is 226 g/mol. The van der Waals surface area contributed by atoms with Crippen molar-refractivity contribution in [2.75, 3.05) is 0 Å². The Morgan fingerprint density at radius 2 is 2.17 bits per heavy atom. The van der Waals surface area contributed by atoms with Gasteiger partial charge >= 0.3 is 0 Å². The van der Waals surface area contributed by atoms with E-state index in [9.17, 15) is 4.79 Å². The molecule has 18 heavy (non-hydrogen) atoms. The van der Waals surface area contributed by atoms with Crippen LogP contribution in [-0.2, 0) is 16.0 Å². The number of nitrogens with zero attached hydrogens (tertiary/aromatic N) is 1. The van der Waals surface area contributed by atoms with E-state index >= 15 is 0 Å². The van der Waals surface area contributed by atoms with Gasteiger partial charge in [0.05, 0.1) is 12.1 Å². The summed E-state index contributed by atoms with van der Waals surface area (Å²) in [6.07, 6.45) is 1.56. The second-order valence-corrected chi connectivity index (χ2v) is 5.57. The normalized spacial score (nSPS) is 28.1. The number of carbonyl (C=O) groups excluding carboxylic acids is 1. The Labute approximate surface area is 108 Å². The Morgan fingerprint density at radius 3 is 2.89 bits per heavy atom. The molecule has 2 aliphatic rings. The van der Waals surface area contributed by atoms with Crippen LogP contribution in [0.1, 0.15) is 44.4 Å². The first-order valence-corrected chi connectivity index (χ1v) is 6.62. The fourth-order valence-electron chi connectivity index (χ4n) is 3.34. The largest absolute Gasteiger partial charge is 0.350 e. The van der Waals surface area contributed by atoms with Gasteiger partial charge in [-0.1, -0.05) is 31.2 Å². The molecule has 1 fully saturated rings. The summed E-state index contributed by atoms with van der Waals surface area (Å²) in [5.41, 5.74) is 2.09. The summed E-state index contributed by atoms with van der Waals surface area (Å²) in [4.78, 5) is 14.2. The summed E-state index contributed by atoms with van der Waals surface area (Å²) < 4.78 is 6.10. The smallest absolute Gasteiger partial charge is 0.225 e. The minimum Gasteiger partial charge on any atom is -0.350 e. The topological polar surface area (TPSA) is 29.5 Å². The average molecular weight is 245 g/mol. The zero-order chi connectivity index (χ0) is 12.9. The third-order valence-corrected chi connectivity index (χ3v) is 4.02. The van der Waals surface area contributed by atoms with E-state index in [-0.39, 0.29) is 18.1 Å². The monoisotopic (exact) mass is 245 g/mol. The van der Waals surface area contributed by atoms with E-state index in [1.165, 1.54) is 11.1 Å². The SMILES string of the molecule is CCC(=O)N1[C@@H]2c3ccccc3CC2OC1(C)C. The highest BCUT2D eigenvalue weighted by Crippen LogP contribution is 2.48. The van der Waals surface area contributed by atoms with Gasteiger partial charge in [-0.25, -0.2) is 0 Å². The van der Waals surface area contributed by atoms with Gasteiger partial charge in [0.15, 0.2) is 0 Å². The molecule has 0 saturated carbocycles. The third-order valence-electron chi connectivity index (χ3n) is 4.02. The molecule has 2 atom stereocenters. The first kappa shape index (κ1) is 11.7. The van der Waals surface area contributed by atoms with Crippen molar-refractivity contribution in [1.82, 2.24) is 4.90 Å². The number of amides is 1. The van der Waals surface area contributed by atoms with Crippen molar-refractivity contribution in [3.8, 4) is 0 Å². The summed E-state index contributed by atoms with van der Waals surface area (Å²) in [6.45, 7) is 5.88. The number of ether oxygens (including phenoxy) is 1. The van der Waals surface area contributed by atoms with Gasteiger partial charge in [-0.3, -0.25) is 4.79 Å². The van der Waals surface area contributed by atoms with Crippen LogP contribution in [0.3, 0.4) is 0 Å². The maximum absolute atomic E-state index is 12.2. The zero-order valence-electron chi connectivity index (χ0n) is 11.1. The van der Waals surface area contributed by atoms with E-state index in [1.807, 2.05) is 31.7 Å². The van der Waals surface area contributed by atoms with Gasteiger partial charge in [-0.2, -0.15) is 0 Å². The highest BCUT2D eigenvalue weighted by molar-refractivity contribution is 5.77. The van der Waals surface area contributed by atoms with Crippen LogP contribution < -0.4 is 0 Å². The zero-order valence-corrected chi connectivity index (χ0v) is 11.1. The van der Waals surface area contributed by atoms with Crippen LogP contribution in [0.2, 0.25) is 0 Å². The molecule has 1 aromatic rings. The van der Waals surface area contributed by atoms with Crippen LogP contribution in [0, 0.1) is 0 Å². The second kappa shape index (κ2) is 3.82. The lowest BCUT2D eigenvalue weighted by Gasteiger charge is -2.33. The molecule has 3 heteroatoms. The standard InChI is InChI=1S/C15H19NO2/c1-4-13(17)16-14-11-8-6-5-7-10(11)9-12(14)18-15(16,2)3/h5-8,12,14H,4,9H2,1-3H3/t12?,14-/m1/s1.